The highest BCUT2D eigenvalue weighted by atomic mass is 32.1. The van der Waals surface area contributed by atoms with Gasteiger partial charge in [-0.05, 0) is 48.0 Å². The molecule has 0 bridgehead atoms. The summed E-state index contributed by atoms with van der Waals surface area (Å²) in [5.41, 5.74) is 2.09. The first kappa shape index (κ1) is 23.2. The molecule has 0 fully saturated rings. The van der Waals surface area contributed by atoms with Crippen molar-refractivity contribution in [1.82, 2.24) is 9.71 Å². The molecule has 0 aliphatic carbocycles. The summed E-state index contributed by atoms with van der Waals surface area (Å²) >= 11 is 3.73. The summed E-state index contributed by atoms with van der Waals surface area (Å²) in [5.74, 6) is -1.47. The molecule has 32 heavy (non-hydrogen) atoms. The van der Waals surface area contributed by atoms with E-state index < -0.39 is 30.6 Å². The second-order valence-corrected chi connectivity index (χ2v) is 6.55. The third kappa shape index (κ3) is 6.03. The number of thiol groups is 1. The molecule has 0 aliphatic heterocycles. The Hall–Kier alpha value is -3.47. The maximum absolute atomic E-state index is 12.9. The zero-order chi connectivity index (χ0) is 23.1. The number of hydrogen-bond acceptors (Lipinski definition) is 6. The number of nitrogens with one attached hydrogen (secondary N) is 1. The van der Waals surface area contributed by atoms with Crippen molar-refractivity contribution in [3.05, 3.63) is 78.1 Å². The van der Waals surface area contributed by atoms with Gasteiger partial charge in [-0.25, -0.2) is 0 Å². The van der Waals surface area contributed by atoms with Crippen LogP contribution in [0.5, 0.6) is 11.5 Å². The van der Waals surface area contributed by atoms with Gasteiger partial charge in [-0.1, -0.05) is 18.9 Å². The van der Waals surface area contributed by atoms with E-state index in [1.165, 1.54) is 12.1 Å². The van der Waals surface area contributed by atoms with Crippen LogP contribution in [0.15, 0.2) is 67.0 Å². The van der Waals surface area contributed by atoms with Crippen LogP contribution < -0.4 is 19.1 Å². The molecule has 1 N–H and O–H groups in total. The Morgan fingerprint density at radius 2 is 1.62 bits per heavy atom. The van der Waals surface area contributed by atoms with Crippen LogP contribution in [0.3, 0.4) is 0 Å². The molecule has 2 aromatic carbocycles. The van der Waals surface area contributed by atoms with Crippen molar-refractivity contribution in [2.45, 2.75) is 19.8 Å². The van der Waals surface area contributed by atoms with Crippen LogP contribution in [-0.4, -0.2) is 24.1 Å². The van der Waals surface area contributed by atoms with Crippen LogP contribution in [0.4, 0.5) is 28.9 Å². The van der Waals surface area contributed by atoms with Gasteiger partial charge in [0.1, 0.15) is 0 Å². The Bertz CT molecular complexity index is 1040. The molecule has 0 spiro atoms. The lowest BCUT2D eigenvalue weighted by atomic mass is 10.1. The third-order valence-corrected chi connectivity index (χ3v) is 4.48. The van der Waals surface area contributed by atoms with Gasteiger partial charge in [0.05, 0.1) is 0 Å². The van der Waals surface area contributed by atoms with Gasteiger partial charge in [0.2, 0.25) is 0 Å². The molecule has 1 heterocycles. The zero-order valence-electron chi connectivity index (χ0n) is 16.3. The number of amides is 1. The van der Waals surface area contributed by atoms with E-state index in [0.29, 0.717) is 16.9 Å². The Morgan fingerprint density at radius 3 is 2.22 bits per heavy atom. The van der Waals surface area contributed by atoms with Crippen molar-refractivity contribution in [2.75, 3.05) is 4.90 Å². The summed E-state index contributed by atoms with van der Waals surface area (Å²) in [7, 11) is 0. The number of carbonyl (C=O) groups is 1. The fourth-order valence-electron chi connectivity index (χ4n) is 2.91. The Morgan fingerprint density at radius 1 is 0.969 bits per heavy atom. The minimum Gasteiger partial charge on any atom is -0.431 e. The zero-order valence-corrected chi connectivity index (χ0v) is 17.2. The molecule has 11 heteroatoms. The summed E-state index contributed by atoms with van der Waals surface area (Å²) in [5, 5.41) is 0. The number of benzene rings is 2. The van der Waals surface area contributed by atoms with Crippen molar-refractivity contribution < 1.29 is 31.8 Å². The van der Waals surface area contributed by atoms with Crippen molar-refractivity contribution in [2.24, 2.45) is 0 Å². The maximum atomic E-state index is 12.9. The highest BCUT2D eigenvalue weighted by Gasteiger charge is 2.19. The average Bonchev–Trinajstić information content (AvgIpc) is 2.78. The van der Waals surface area contributed by atoms with E-state index in [9.17, 15) is 22.4 Å². The maximum Gasteiger partial charge on any atom is 0.387 e. The van der Waals surface area contributed by atoms with Crippen LogP contribution in [0, 0.1) is 0 Å². The molecule has 1 aromatic heterocycles. The number of halogens is 4. The van der Waals surface area contributed by atoms with Crippen molar-refractivity contribution in [3.63, 3.8) is 0 Å². The minimum absolute atomic E-state index is 0.259. The van der Waals surface area contributed by atoms with Crippen molar-refractivity contribution in [1.29, 1.82) is 0 Å². The van der Waals surface area contributed by atoms with Gasteiger partial charge < -0.3 is 14.4 Å². The number of anilines is 2. The molecule has 0 unspecified atom stereocenters. The second-order valence-electron chi connectivity index (χ2n) is 6.32. The molecule has 0 radical (unpaired) electrons. The van der Waals surface area contributed by atoms with Gasteiger partial charge in [-0.3, -0.25) is 14.5 Å². The van der Waals surface area contributed by atoms with Gasteiger partial charge in [-0.15, -0.1) is 0 Å². The fourth-order valence-corrected chi connectivity index (χ4v) is 3.04. The highest BCUT2D eigenvalue weighted by molar-refractivity contribution is 7.78. The second kappa shape index (κ2) is 10.7. The lowest BCUT2D eigenvalue weighted by Gasteiger charge is -2.26. The monoisotopic (exact) mass is 467 g/mol. The van der Waals surface area contributed by atoms with E-state index in [4.69, 9.17) is 0 Å². The van der Waals surface area contributed by atoms with Crippen molar-refractivity contribution in [3.8, 4) is 11.5 Å². The predicted molar refractivity (Wildman–Crippen MR) is 113 cm³/mol. The fraction of sp³-hybridized carbons (Fsp3) is 0.143. The number of ether oxygens (including phenoxy) is 2. The van der Waals surface area contributed by atoms with Gasteiger partial charge >= 0.3 is 13.2 Å². The molecule has 0 aliphatic rings. The molecule has 0 saturated carbocycles. The molecule has 168 valence electrons. The summed E-state index contributed by atoms with van der Waals surface area (Å²) in [6.07, 6.45) is 3.23. The predicted octanol–water partition coefficient (Wildman–Crippen LogP) is 5.20. The van der Waals surface area contributed by atoms with Crippen LogP contribution in [0.25, 0.3) is 0 Å². The number of carbonyl (C=O) groups excluding carboxylic acids is 1. The highest BCUT2D eigenvalue weighted by Crippen LogP contribution is 2.37. The smallest absolute Gasteiger partial charge is 0.387 e. The first-order valence-electron chi connectivity index (χ1n) is 9.12. The largest absolute Gasteiger partial charge is 0.431 e. The molecular weight excluding hydrogens is 450 g/mol. The number of nitrogens with zero attached hydrogens (tertiary/aromatic N) is 2. The normalized spacial score (nSPS) is 10.8. The Labute approximate surface area is 186 Å². The molecule has 3 aromatic rings. The third-order valence-electron chi connectivity index (χ3n) is 4.28. The van der Waals surface area contributed by atoms with E-state index >= 15 is 0 Å². The topological polar surface area (TPSA) is 63.7 Å². The van der Waals surface area contributed by atoms with Crippen LogP contribution in [0.2, 0.25) is 0 Å². The first-order chi connectivity index (χ1) is 15.4. The number of aromatic nitrogens is 1. The van der Waals surface area contributed by atoms with E-state index in [1.807, 2.05) is 6.07 Å². The van der Waals surface area contributed by atoms with E-state index in [0.717, 1.165) is 11.6 Å². The van der Waals surface area contributed by atoms with Gasteiger partial charge in [0, 0.05) is 41.9 Å². The Kier molecular flexibility index (Phi) is 7.77. The molecule has 0 saturated heterocycles. The Balaban J connectivity index is 2.03. The lowest BCUT2D eigenvalue weighted by Crippen LogP contribution is -2.18. The van der Waals surface area contributed by atoms with E-state index in [1.54, 1.807) is 47.6 Å². The molecule has 6 nitrogen and oxygen atoms in total. The lowest BCUT2D eigenvalue weighted by molar-refractivity contribution is -0.0692. The van der Waals surface area contributed by atoms with Crippen LogP contribution >= 0.6 is 12.8 Å². The summed E-state index contributed by atoms with van der Waals surface area (Å²) in [6, 6.07) is 13.7. The summed E-state index contributed by atoms with van der Waals surface area (Å²) < 4.78 is 62.0. The summed E-state index contributed by atoms with van der Waals surface area (Å²) in [6.45, 7) is -6.19. The van der Waals surface area contributed by atoms with Gasteiger partial charge in [0.15, 0.2) is 11.5 Å². The standard InChI is InChI=1S/C21H17F4N3O3S/c22-20(23)30-17-8-7-16(10-18(17)31-21(24)25)28(12-13-2-1-9-26-11-13)15-5-3-14(4-6-15)19(29)27-32/h1-11,20-21,32H,12H2,(H,27,29). The number of rotatable bonds is 9. The number of hydrogen-bond donors (Lipinski definition) is 2. The molecule has 3 rings (SSSR count). The number of alkyl halides is 4. The molecule has 0 atom stereocenters. The summed E-state index contributed by atoms with van der Waals surface area (Å²) in [4.78, 5) is 17.5. The van der Waals surface area contributed by atoms with Crippen LogP contribution in [-0.2, 0) is 6.54 Å². The van der Waals surface area contributed by atoms with Crippen LogP contribution in [0.1, 0.15) is 15.9 Å². The first-order valence-corrected chi connectivity index (χ1v) is 9.56. The number of pyridine rings is 1. The quantitative estimate of drug-likeness (QED) is 0.335. The van der Waals surface area contributed by atoms with E-state index in [-0.39, 0.29) is 6.54 Å². The van der Waals surface area contributed by atoms with Gasteiger partial charge in [0.25, 0.3) is 5.91 Å². The average molecular weight is 467 g/mol. The van der Waals surface area contributed by atoms with Crippen molar-refractivity contribution >= 4 is 30.1 Å². The SMILES string of the molecule is O=C(NS)c1ccc(N(Cc2cccnc2)c2ccc(OC(F)F)c(OC(F)F)c2)cc1. The molecular formula is C21H17F4N3O3S. The van der Waals surface area contributed by atoms with E-state index in [2.05, 4.69) is 32.0 Å². The minimum atomic E-state index is -3.24. The molecule has 1 amide bonds. The van der Waals surface area contributed by atoms with Gasteiger partial charge in [-0.2, -0.15) is 17.6 Å².